The van der Waals surface area contributed by atoms with E-state index in [1.165, 1.54) is 6.08 Å². The van der Waals surface area contributed by atoms with E-state index in [-0.39, 0.29) is 18.0 Å². The van der Waals surface area contributed by atoms with Gasteiger partial charge in [-0.05, 0) is 19.9 Å². The van der Waals surface area contributed by atoms with Gasteiger partial charge in [0.25, 0.3) is 0 Å². The maximum absolute atomic E-state index is 11.5. The Morgan fingerprint density at radius 3 is 2.67 bits per heavy atom. The highest BCUT2D eigenvalue weighted by molar-refractivity contribution is 5.91. The fraction of sp³-hybridized carbons (Fsp3) is 0.333. The van der Waals surface area contributed by atoms with Gasteiger partial charge < -0.3 is 4.74 Å². The Kier molecular flexibility index (Phi) is 4.84. The molecule has 0 aromatic rings. The Morgan fingerprint density at radius 2 is 2.11 bits per heavy atom. The summed E-state index contributed by atoms with van der Waals surface area (Å²) in [7, 11) is 0. The van der Waals surface area contributed by atoms with Crippen molar-refractivity contribution in [2.45, 2.75) is 26.4 Å². The molecule has 18 heavy (non-hydrogen) atoms. The topological polar surface area (TPSA) is 43.4 Å². The first-order valence-electron chi connectivity index (χ1n) is 5.80. The first-order valence-corrected chi connectivity index (χ1v) is 5.80. The Balaban J connectivity index is 2.85. The largest absolute Gasteiger partial charge is 0.458 e. The second-order valence-electron chi connectivity index (χ2n) is 4.55. The average Bonchev–Trinajstić information content (AvgIpc) is 2.52. The first kappa shape index (κ1) is 14.2. The molecule has 96 valence electrons. The summed E-state index contributed by atoms with van der Waals surface area (Å²) in [4.78, 5) is 21.9. The molecule has 1 fully saturated rings. The third-order valence-corrected chi connectivity index (χ3v) is 2.79. The van der Waals surface area contributed by atoms with Crippen molar-refractivity contribution in [1.29, 1.82) is 0 Å². The Morgan fingerprint density at radius 1 is 1.44 bits per heavy atom. The lowest BCUT2D eigenvalue weighted by Crippen LogP contribution is -2.15. The predicted octanol–water partition coefficient (Wildman–Crippen LogP) is 2.75. The van der Waals surface area contributed by atoms with Gasteiger partial charge in [0, 0.05) is 17.9 Å². The minimum absolute atomic E-state index is 0.149. The third kappa shape index (κ3) is 3.55. The van der Waals surface area contributed by atoms with E-state index in [2.05, 4.69) is 13.2 Å². The van der Waals surface area contributed by atoms with Crippen molar-refractivity contribution in [2.75, 3.05) is 0 Å². The molecule has 3 heteroatoms. The van der Waals surface area contributed by atoms with Crippen LogP contribution in [0.4, 0.5) is 0 Å². The fourth-order valence-electron chi connectivity index (χ4n) is 1.83. The highest BCUT2D eigenvalue weighted by atomic mass is 16.6. The van der Waals surface area contributed by atoms with E-state index in [4.69, 9.17) is 4.74 Å². The van der Waals surface area contributed by atoms with E-state index in [1.54, 1.807) is 0 Å². The van der Waals surface area contributed by atoms with Crippen molar-refractivity contribution in [1.82, 2.24) is 0 Å². The van der Waals surface area contributed by atoms with Crippen LogP contribution in [-0.2, 0) is 14.3 Å². The van der Waals surface area contributed by atoms with E-state index in [0.717, 1.165) is 17.4 Å². The van der Waals surface area contributed by atoms with E-state index < -0.39 is 0 Å². The first-order chi connectivity index (χ1) is 8.45. The SMILES string of the molecule is C=C(C)/C=C/[C@H]1C(=C)C(=O)O[C@H]1C/C(C)=C/C=O. The molecular formula is C15H18O3. The molecule has 0 saturated carbocycles. The number of esters is 1. The molecular weight excluding hydrogens is 228 g/mol. The summed E-state index contributed by atoms with van der Waals surface area (Å²) in [6.45, 7) is 11.2. The number of aldehydes is 1. The van der Waals surface area contributed by atoms with Crippen LogP contribution >= 0.6 is 0 Å². The normalized spacial score (nSPS) is 24.4. The summed E-state index contributed by atoms with van der Waals surface area (Å²) in [6.07, 6.45) is 6.21. The van der Waals surface area contributed by atoms with Crippen LogP contribution < -0.4 is 0 Å². The molecule has 3 nitrogen and oxygen atoms in total. The number of carbonyl (C=O) groups excluding carboxylic acids is 2. The second-order valence-corrected chi connectivity index (χ2v) is 4.55. The average molecular weight is 246 g/mol. The lowest BCUT2D eigenvalue weighted by molar-refractivity contribution is -0.138. The molecule has 0 aliphatic carbocycles. The summed E-state index contributed by atoms with van der Waals surface area (Å²) in [5, 5.41) is 0. The Bertz CT molecular complexity index is 441. The zero-order chi connectivity index (χ0) is 13.7. The molecule has 1 aliphatic rings. The van der Waals surface area contributed by atoms with Crippen LogP contribution in [0.2, 0.25) is 0 Å². The maximum Gasteiger partial charge on any atom is 0.334 e. The Labute approximate surface area is 108 Å². The van der Waals surface area contributed by atoms with Gasteiger partial charge >= 0.3 is 5.97 Å². The number of ether oxygens (including phenoxy) is 1. The van der Waals surface area contributed by atoms with Gasteiger partial charge in [-0.1, -0.05) is 36.5 Å². The van der Waals surface area contributed by atoms with Crippen LogP contribution in [0.15, 0.2) is 48.1 Å². The molecule has 2 atom stereocenters. The van der Waals surface area contributed by atoms with Gasteiger partial charge in [-0.3, -0.25) is 4.79 Å². The molecule has 0 amide bonds. The summed E-state index contributed by atoms with van der Waals surface area (Å²) >= 11 is 0. The van der Waals surface area contributed by atoms with Gasteiger partial charge in [0.1, 0.15) is 12.4 Å². The lowest BCUT2D eigenvalue weighted by Gasteiger charge is -2.14. The molecule has 1 heterocycles. The maximum atomic E-state index is 11.5. The van der Waals surface area contributed by atoms with E-state index in [0.29, 0.717) is 12.0 Å². The quantitative estimate of drug-likeness (QED) is 0.324. The number of hydrogen-bond acceptors (Lipinski definition) is 3. The lowest BCUT2D eigenvalue weighted by atomic mass is 9.92. The molecule has 0 bridgehead atoms. The monoisotopic (exact) mass is 246 g/mol. The van der Waals surface area contributed by atoms with E-state index in [1.807, 2.05) is 26.0 Å². The fourth-order valence-corrected chi connectivity index (χ4v) is 1.83. The number of allylic oxidation sites excluding steroid dienone is 3. The summed E-state index contributed by atoms with van der Waals surface area (Å²) in [5.41, 5.74) is 2.24. The minimum Gasteiger partial charge on any atom is -0.458 e. The van der Waals surface area contributed by atoms with Crippen molar-refractivity contribution in [3.63, 3.8) is 0 Å². The number of carbonyl (C=O) groups is 2. The highest BCUT2D eigenvalue weighted by Crippen LogP contribution is 2.31. The van der Waals surface area contributed by atoms with Crippen molar-refractivity contribution in [3.05, 3.63) is 48.1 Å². The van der Waals surface area contributed by atoms with Crippen molar-refractivity contribution >= 4 is 12.3 Å². The van der Waals surface area contributed by atoms with Gasteiger partial charge in [0.15, 0.2) is 0 Å². The van der Waals surface area contributed by atoms with Crippen LogP contribution in [0.25, 0.3) is 0 Å². The van der Waals surface area contributed by atoms with Crippen LogP contribution in [0.1, 0.15) is 20.3 Å². The van der Waals surface area contributed by atoms with Crippen molar-refractivity contribution in [3.8, 4) is 0 Å². The zero-order valence-corrected chi connectivity index (χ0v) is 10.8. The smallest absolute Gasteiger partial charge is 0.334 e. The van der Waals surface area contributed by atoms with Crippen LogP contribution in [0.3, 0.4) is 0 Å². The number of hydrogen-bond donors (Lipinski definition) is 0. The van der Waals surface area contributed by atoms with Crippen molar-refractivity contribution < 1.29 is 14.3 Å². The standard InChI is InChI=1S/C15H18O3/c1-10(2)5-6-13-12(4)15(17)18-14(13)9-11(3)7-8-16/h5-8,13-14H,1,4,9H2,2-3H3/b6-5+,11-7+/t13-,14-/m0/s1. The van der Waals surface area contributed by atoms with Crippen LogP contribution in [0.5, 0.6) is 0 Å². The Hall–Kier alpha value is -1.90. The molecule has 0 spiro atoms. The van der Waals surface area contributed by atoms with E-state index >= 15 is 0 Å². The number of rotatable bonds is 5. The molecule has 0 aromatic carbocycles. The van der Waals surface area contributed by atoms with Crippen molar-refractivity contribution in [2.24, 2.45) is 5.92 Å². The molecule has 0 unspecified atom stereocenters. The molecule has 1 rings (SSSR count). The van der Waals surface area contributed by atoms with E-state index in [9.17, 15) is 9.59 Å². The molecule has 1 saturated heterocycles. The molecule has 0 N–H and O–H groups in total. The summed E-state index contributed by atoms with van der Waals surface area (Å²) in [5.74, 6) is -0.514. The van der Waals surface area contributed by atoms with Crippen LogP contribution in [-0.4, -0.2) is 18.4 Å². The summed E-state index contributed by atoms with van der Waals surface area (Å²) < 4.78 is 5.26. The van der Waals surface area contributed by atoms with Gasteiger partial charge in [-0.25, -0.2) is 4.79 Å². The third-order valence-electron chi connectivity index (χ3n) is 2.79. The van der Waals surface area contributed by atoms with Gasteiger partial charge in [0.05, 0.1) is 0 Å². The molecule has 0 radical (unpaired) electrons. The van der Waals surface area contributed by atoms with Gasteiger partial charge in [0.2, 0.25) is 0 Å². The number of cyclic esters (lactones) is 1. The molecule has 1 aliphatic heterocycles. The second kappa shape index (κ2) is 6.15. The van der Waals surface area contributed by atoms with Gasteiger partial charge in [-0.2, -0.15) is 0 Å². The van der Waals surface area contributed by atoms with Crippen LogP contribution in [0, 0.1) is 5.92 Å². The molecule has 0 aromatic heterocycles. The van der Waals surface area contributed by atoms with Gasteiger partial charge in [-0.15, -0.1) is 0 Å². The summed E-state index contributed by atoms with van der Waals surface area (Å²) in [6, 6.07) is 0. The minimum atomic E-state index is -0.365. The highest BCUT2D eigenvalue weighted by Gasteiger charge is 2.36. The zero-order valence-electron chi connectivity index (χ0n) is 10.8. The predicted molar refractivity (Wildman–Crippen MR) is 70.9 cm³/mol.